The van der Waals surface area contributed by atoms with Gasteiger partial charge in [-0.05, 0) is 57.7 Å². The molecule has 0 spiro atoms. The molecule has 0 N–H and O–H groups in total. The molecule has 1 aliphatic heterocycles. The van der Waals surface area contributed by atoms with E-state index < -0.39 is 11.6 Å². The van der Waals surface area contributed by atoms with E-state index in [-0.39, 0.29) is 17.9 Å². The van der Waals surface area contributed by atoms with Crippen molar-refractivity contribution >= 4 is 23.7 Å². The smallest absolute Gasteiger partial charge is 0.410 e. The van der Waals surface area contributed by atoms with Crippen LogP contribution in [0.5, 0.6) is 0 Å². The first-order valence-corrected chi connectivity index (χ1v) is 11.2. The number of esters is 1. The van der Waals surface area contributed by atoms with Gasteiger partial charge in [-0.15, -0.1) is 0 Å². The molecular formula is C24H28ClN3O4. The molecule has 1 saturated carbocycles. The van der Waals surface area contributed by atoms with Gasteiger partial charge in [-0.2, -0.15) is 0 Å². The molecule has 2 aromatic rings. The summed E-state index contributed by atoms with van der Waals surface area (Å²) in [5, 5.41) is 0.551. The van der Waals surface area contributed by atoms with Crippen LogP contribution in [0.15, 0.2) is 18.2 Å². The third kappa shape index (κ3) is 4.58. The normalized spacial score (nSPS) is 19.9. The topological polar surface area (TPSA) is 81.6 Å². The molecule has 1 aromatic heterocycles. The van der Waals surface area contributed by atoms with Crippen molar-refractivity contribution in [1.82, 2.24) is 14.9 Å². The monoisotopic (exact) mass is 457 g/mol. The van der Waals surface area contributed by atoms with E-state index in [0.29, 0.717) is 30.1 Å². The molecule has 2 atom stereocenters. The minimum atomic E-state index is -0.543. The predicted octanol–water partition coefficient (Wildman–Crippen LogP) is 4.79. The molecule has 170 valence electrons. The number of rotatable bonds is 3. The van der Waals surface area contributed by atoms with Gasteiger partial charge in [0.2, 0.25) is 0 Å². The first kappa shape index (κ1) is 22.5. The fourth-order valence-electron chi connectivity index (χ4n) is 4.27. The lowest BCUT2D eigenvalue weighted by atomic mass is 9.98. The lowest BCUT2D eigenvalue weighted by molar-refractivity contribution is 0.0221. The SMILES string of the molecule is COC(=O)c1ccc(C2CC2c2nc(C)nc3c2CN(C(=O)OC(C)(C)C)CC3)c(Cl)c1. The van der Waals surface area contributed by atoms with Crippen molar-refractivity contribution in [3.05, 3.63) is 57.1 Å². The lowest BCUT2D eigenvalue weighted by Crippen LogP contribution is -2.40. The average Bonchev–Trinajstić information content (AvgIpc) is 3.51. The van der Waals surface area contributed by atoms with Crippen molar-refractivity contribution in [1.29, 1.82) is 0 Å². The number of carbonyl (C=O) groups is 2. The molecule has 0 bridgehead atoms. The first-order valence-electron chi connectivity index (χ1n) is 10.8. The number of methoxy groups -OCH3 is 1. The summed E-state index contributed by atoms with van der Waals surface area (Å²) < 4.78 is 10.3. The van der Waals surface area contributed by atoms with E-state index in [0.717, 1.165) is 34.8 Å². The van der Waals surface area contributed by atoms with Crippen LogP contribution in [0.1, 0.15) is 77.7 Å². The van der Waals surface area contributed by atoms with Crippen molar-refractivity contribution in [2.24, 2.45) is 0 Å². The number of ether oxygens (including phenoxy) is 2. The highest BCUT2D eigenvalue weighted by atomic mass is 35.5. The molecule has 32 heavy (non-hydrogen) atoms. The molecule has 1 amide bonds. The van der Waals surface area contributed by atoms with Gasteiger partial charge < -0.3 is 14.4 Å². The summed E-state index contributed by atoms with van der Waals surface area (Å²) in [6, 6.07) is 5.29. The van der Waals surface area contributed by atoms with E-state index in [2.05, 4.69) is 4.98 Å². The van der Waals surface area contributed by atoms with Gasteiger partial charge in [0, 0.05) is 29.5 Å². The van der Waals surface area contributed by atoms with Gasteiger partial charge in [-0.3, -0.25) is 0 Å². The Kier molecular flexibility index (Phi) is 5.88. The number of amides is 1. The molecule has 2 heterocycles. The number of nitrogens with zero attached hydrogens (tertiary/aromatic N) is 3. The summed E-state index contributed by atoms with van der Waals surface area (Å²) in [6.07, 6.45) is 1.27. The van der Waals surface area contributed by atoms with Gasteiger partial charge in [0.1, 0.15) is 11.4 Å². The fourth-order valence-corrected chi connectivity index (χ4v) is 4.59. The summed E-state index contributed by atoms with van der Waals surface area (Å²) >= 11 is 6.51. The zero-order chi connectivity index (χ0) is 23.2. The minimum Gasteiger partial charge on any atom is -0.465 e. The van der Waals surface area contributed by atoms with Gasteiger partial charge in [-0.1, -0.05) is 17.7 Å². The third-order valence-corrected chi connectivity index (χ3v) is 6.15. The molecule has 0 radical (unpaired) electrons. The molecule has 7 nitrogen and oxygen atoms in total. The Hall–Kier alpha value is -2.67. The molecule has 1 aromatic carbocycles. The number of halogens is 1. The largest absolute Gasteiger partial charge is 0.465 e. The van der Waals surface area contributed by atoms with E-state index in [4.69, 9.17) is 26.1 Å². The maximum absolute atomic E-state index is 12.6. The van der Waals surface area contributed by atoms with Crippen LogP contribution in [0.25, 0.3) is 0 Å². The summed E-state index contributed by atoms with van der Waals surface area (Å²) in [7, 11) is 1.35. The highest BCUT2D eigenvalue weighted by Crippen LogP contribution is 2.56. The summed E-state index contributed by atoms with van der Waals surface area (Å²) in [4.78, 5) is 35.6. The third-order valence-electron chi connectivity index (χ3n) is 5.82. The molecule has 1 aliphatic carbocycles. The number of hydrogen-bond donors (Lipinski definition) is 0. The molecule has 8 heteroatoms. The van der Waals surface area contributed by atoms with Crippen molar-refractivity contribution in [3.8, 4) is 0 Å². The van der Waals surface area contributed by atoms with Crippen molar-refractivity contribution in [2.75, 3.05) is 13.7 Å². The second-order valence-corrected chi connectivity index (χ2v) is 9.82. The maximum Gasteiger partial charge on any atom is 0.410 e. The van der Waals surface area contributed by atoms with Crippen LogP contribution in [0.2, 0.25) is 5.02 Å². The summed E-state index contributed by atoms with van der Waals surface area (Å²) in [5.74, 6) is 0.741. The second kappa shape index (κ2) is 8.35. The molecule has 1 fully saturated rings. The van der Waals surface area contributed by atoms with Crippen LogP contribution >= 0.6 is 11.6 Å². The van der Waals surface area contributed by atoms with Crippen molar-refractivity contribution in [3.63, 3.8) is 0 Å². The second-order valence-electron chi connectivity index (χ2n) is 9.41. The Labute approximate surface area is 193 Å². The molecular weight excluding hydrogens is 430 g/mol. The molecule has 2 aliphatic rings. The quantitative estimate of drug-likeness (QED) is 0.616. The van der Waals surface area contributed by atoms with Crippen LogP contribution in [0, 0.1) is 6.92 Å². The van der Waals surface area contributed by atoms with Crippen LogP contribution in [0.3, 0.4) is 0 Å². The lowest BCUT2D eigenvalue weighted by Gasteiger charge is -2.31. The number of aromatic nitrogens is 2. The molecule has 4 rings (SSSR count). The summed E-state index contributed by atoms with van der Waals surface area (Å²) in [6.45, 7) is 8.52. The number of hydrogen-bond acceptors (Lipinski definition) is 6. The standard InChI is InChI=1S/C24H28ClN3O4/c1-13-26-20-8-9-28(23(30)32-24(2,3)4)12-18(20)21(27-13)17-11-16(17)15-7-6-14(10-19(15)25)22(29)31-5/h6-7,10,16-17H,8-9,11-12H2,1-5H3. The number of fused-ring (bicyclic) bond motifs is 1. The zero-order valence-corrected chi connectivity index (χ0v) is 19.8. The Balaban J connectivity index is 1.58. The van der Waals surface area contributed by atoms with Crippen LogP contribution in [-0.2, 0) is 22.4 Å². The number of carbonyl (C=O) groups excluding carboxylic acids is 2. The highest BCUT2D eigenvalue weighted by Gasteiger charge is 2.44. The van der Waals surface area contributed by atoms with E-state index in [1.165, 1.54) is 7.11 Å². The Bertz CT molecular complexity index is 1080. The van der Waals surface area contributed by atoms with E-state index >= 15 is 0 Å². The van der Waals surface area contributed by atoms with Gasteiger partial charge >= 0.3 is 12.1 Å². The maximum atomic E-state index is 12.6. The van der Waals surface area contributed by atoms with Gasteiger partial charge in [0.05, 0.1) is 30.6 Å². The highest BCUT2D eigenvalue weighted by molar-refractivity contribution is 6.31. The average molecular weight is 458 g/mol. The first-order chi connectivity index (χ1) is 15.1. The molecule has 0 saturated heterocycles. The van der Waals surface area contributed by atoms with Gasteiger partial charge in [0.25, 0.3) is 0 Å². The predicted molar refractivity (Wildman–Crippen MR) is 120 cm³/mol. The van der Waals surface area contributed by atoms with Crippen LogP contribution in [0.4, 0.5) is 4.79 Å². The zero-order valence-electron chi connectivity index (χ0n) is 19.1. The van der Waals surface area contributed by atoms with Crippen LogP contribution in [-0.4, -0.2) is 46.2 Å². The number of aryl methyl sites for hydroxylation is 1. The van der Waals surface area contributed by atoms with E-state index in [1.807, 2.05) is 33.8 Å². The van der Waals surface area contributed by atoms with E-state index in [9.17, 15) is 9.59 Å². The van der Waals surface area contributed by atoms with Crippen molar-refractivity contribution in [2.45, 2.75) is 64.5 Å². The fraction of sp³-hybridized carbons (Fsp3) is 0.500. The minimum absolute atomic E-state index is 0.200. The number of benzene rings is 1. The Morgan fingerprint density at radius 2 is 1.94 bits per heavy atom. The van der Waals surface area contributed by atoms with E-state index in [1.54, 1.807) is 17.0 Å². The summed E-state index contributed by atoms with van der Waals surface area (Å²) in [5.41, 5.74) is 3.89. The van der Waals surface area contributed by atoms with Crippen molar-refractivity contribution < 1.29 is 19.1 Å². The Morgan fingerprint density at radius 3 is 2.59 bits per heavy atom. The van der Waals surface area contributed by atoms with Crippen LogP contribution < -0.4 is 0 Å². The Morgan fingerprint density at radius 1 is 1.19 bits per heavy atom. The van der Waals surface area contributed by atoms with Gasteiger partial charge in [-0.25, -0.2) is 19.6 Å². The molecule has 2 unspecified atom stereocenters. The van der Waals surface area contributed by atoms with Gasteiger partial charge in [0.15, 0.2) is 0 Å².